The number of benzene rings is 1. The van der Waals surface area contributed by atoms with Crippen molar-refractivity contribution >= 4 is 11.6 Å². The van der Waals surface area contributed by atoms with Crippen LogP contribution in [-0.2, 0) is 4.79 Å². The summed E-state index contributed by atoms with van der Waals surface area (Å²) in [4.78, 5) is 11.1. The summed E-state index contributed by atoms with van der Waals surface area (Å²) in [6, 6.07) is 9.85. The van der Waals surface area contributed by atoms with Gasteiger partial charge in [0.15, 0.2) is 0 Å². The van der Waals surface area contributed by atoms with Gasteiger partial charge in [0, 0.05) is 6.92 Å². The predicted molar refractivity (Wildman–Crippen MR) is 67.3 cm³/mol. The lowest BCUT2D eigenvalue weighted by atomic mass is 10.3. The summed E-state index contributed by atoms with van der Waals surface area (Å²) in [5.41, 5.74) is 3.54. The van der Waals surface area contributed by atoms with E-state index in [2.05, 4.69) is 10.4 Å². The van der Waals surface area contributed by atoms with Crippen LogP contribution in [0.1, 0.15) is 18.3 Å². The first-order valence-electron chi connectivity index (χ1n) is 5.49. The Morgan fingerprint density at radius 1 is 1.24 bits per heavy atom. The summed E-state index contributed by atoms with van der Waals surface area (Å²) in [5.74, 6) is -0.0798. The molecule has 0 saturated carbocycles. The predicted octanol–water partition coefficient (Wildman–Crippen LogP) is 2.45. The molecule has 0 fully saturated rings. The normalized spacial score (nSPS) is 10.3. The number of aryl methyl sites for hydroxylation is 1. The van der Waals surface area contributed by atoms with E-state index in [9.17, 15) is 4.79 Å². The zero-order valence-corrected chi connectivity index (χ0v) is 10.2. The molecule has 88 valence electrons. The van der Waals surface area contributed by atoms with E-state index in [-0.39, 0.29) is 5.91 Å². The topological polar surface area (TPSA) is 46.9 Å². The summed E-state index contributed by atoms with van der Waals surface area (Å²) < 4.78 is 1.83. The van der Waals surface area contributed by atoms with E-state index in [1.54, 1.807) is 0 Å². The average molecular weight is 229 g/mol. The number of carbonyl (C=O) groups is 1. The monoisotopic (exact) mass is 229 g/mol. The lowest BCUT2D eigenvalue weighted by Crippen LogP contribution is -2.07. The molecule has 1 amide bonds. The summed E-state index contributed by atoms with van der Waals surface area (Å²) in [5, 5.41) is 7.24. The number of nitrogens with one attached hydrogen (secondary N) is 1. The Labute approximate surface area is 100 Å². The van der Waals surface area contributed by atoms with Gasteiger partial charge in [0.2, 0.25) is 5.91 Å². The van der Waals surface area contributed by atoms with Crippen LogP contribution in [0.15, 0.2) is 30.3 Å². The highest BCUT2D eigenvalue weighted by Gasteiger charge is 2.13. The molecule has 2 rings (SSSR count). The van der Waals surface area contributed by atoms with Crippen LogP contribution in [0, 0.1) is 13.8 Å². The van der Waals surface area contributed by atoms with Crippen LogP contribution in [0.2, 0.25) is 0 Å². The number of amides is 1. The highest BCUT2D eigenvalue weighted by Crippen LogP contribution is 2.22. The number of anilines is 1. The van der Waals surface area contributed by atoms with E-state index in [1.807, 2.05) is 48.9 Å². The molecule has 0 aliphatic carbocycles. The van der Waals surface area contributed by atoms with Crippen LogP contribution in [0.4, 0.5) is 5.69 Å². The van der Waals surface area contributed by atoms with Crippen molar-refractivity contribution in [3.05, 3.63) is 41.7 Å². The van der Waals surface area contributed by atoms with Gasteiger partial charge in [-0.3, -0.25) is 4.79 Å². The number of hydrogen-bond acceptors (Lipinski definition) is 2. The molecule has 0 aliphatic rings. The first kappa shape index (κ1) is 11.4. The maximum atomic E-state index is 11.1. The lowest BCUT2D eigenvalue weighted by molar-refractivity contribution is -0.114. The number of hydrogen-bond donors (Lipinski definition) is 1. The largest absolute Gasteiger partial charge is 0.323 e. The summed E-state index contributed by atoms with van der Waals surface area (Å²) in [6.07, 6.45) is 0. The van der Waals surface area contributed by atoms with Crippen molar-refractivity contribution in [1.82, 2.24) is 9.78 Å². The van der Waals surface area contributed by atoms with Gasteiger partial charge in [-0.1, -0.05) is 18.2 Å². The molecular formula is C13H15N3O. The third-order valence-electron chi connectivity index (χ3n) is 2.59. The van der Waals surface area contributed by atoms with Crippen molar-refractivity contribution in [2.24, 2.45) is 0 Å². The molecule has 17 heavy (non-hydrogen) atoms. The second-order valence-corrected chi connectivity index (χ2v) is 3.97. The number of para-hydroxylation sites is 1. The molecule has 0 spiro atoms. The fourth-order valence-electron chi connectivity index (χ4n) is 1.82. The van der Waals surface area contributed by atoms with Crippen molar-refractivity contribution in [3.63, 3.8) is 0 Å². The summed E-state index contributed by atoms with van der Waals surface area (Å²) >= 11 is 0. The van der Waals surface area contributed by atoms with Gasteiger partial charge in [-0.05, 0) is 26.0 Å². The van der Waals surface area contributed by atoms with Gasteiger partial charge in [-0.2, -0.15) is 5.10 Å². The third kappa shape index (κ3) is 2.20. The molecule has 0 unspecified atom stereocenters. The van der Waals surface area contributed by atoms with Crippen molar-refractivity contribution in [3.8, 4) is 5.69 Å². The van der Waals surface area contributed by atoms with Gasteiger partial charge in [-0.25, -0.2) is 4.68 Å². The SMILES string of the molecule is CC(=O)Nc1c(C)nn(-c2ccccc2)c1C. The van der Waals surface area contributed by atoms with E-state index in [1.165, 1.54) is 6.92 Å². The van der Waals surface area contributed by atoms with Crippen molar-refractivity contribution in [2.45, 2.75) is 20.8 Å². The summed E-state index contributed by atoms with van der Waals surface area (Å²) in [7, 11) is 0. The second kappa shape index (κ2) is 4.41. The van der Waals surface area contributed by atoms with Crippen LogP contribution in [0.5, 0.6) is 0 Å². The maximum Gasteiger partial charge on any atom is 0.221 e. The minimum absolute atomic E-state index is 0.0798. The van der Waals surface area contributed by atoms with Gasteiger partial charge in [0.05, 0.1) is 22.8 Å². The van der Waals surface area contributed by atoms with Crippen LogP contribution in [-0.4, -0.2) is 15.7 Å². The Morgan fingerprint density at radius 2 is 1.88 bits per heavy atom. The van der Waals surface area contributed by atoms with Gasteiger partial charge in [-0.15, -0.1) is 0 Å². The van der Waals surface area contributed by atoms with Gasteiger partial charge in [0.25, 0.3) is 0 Å². The Bertz CT molecular complexity index is 543. The van der Waals surface area contributed by atoms with Crippen LogP contribution >= 0.6 is 0 Å². The van der Waals surface area contributed by atoms with Crippen molar-refractivity contribution in [1.29, 1.82) is 0 Å². The van der Waals surface area contributed by atoms with Crippen LogP contribution in [0.3, 0.4) is 0 Å². The second-order valence-electron chi connectivity index (χ2n) is 3.97. The van der Waals surface area contributed by atoms with E-state index in [0.29, 0.717) is 0 Å². The number of aromatic nitrogens is 2. The highest BCUT2D eigenvalue weighted by molar-refractivity contribution is 5.90. The highest BCUT2D eigenvalue weighted by atomic mass is 16.1. The standard InChI is InChI=1S/C13H15N3O/c1-9-13(14-11(3)17)10(2)16(15-9)12-7-5-4-6-8-12/h4-8H,1-3H3,(H,14,17). The van der Waals surface area contributed by atoms with E-state index in [0.717, 1.165) is 22.8 Å². The minimum Gasteiger partial charge on any atom is -0.323 e. The maximum absolute atomic E-state index is 11.1. The van der Waals surface area contributed by atoms with Gasteiger partial charge < -0.3 is 5.32 Å². The lowest BCUT2D eigenvalue weighted by Gasteiger charge is -2.05. The zero-order chi connectivity index (χ0) is 12.4. The third-order valence-corrected chi connectivity index (χ3v) is 2.59. The number of rotatable bonds is 2. The Balaban J connectivity index is 2.48. The first-order chi connectivity index (χ1) is 8.09. The van der Waals surface area contributed by atoms with E-state index >= 15 is 0 Å². The molecule has 0 bridgehead atoms. The molecule has 1 N–H and O–H groups in total. The molecule has 0 atom stereocenters. The quantitative estimate of drug-likeness (QED) is 0.859. The zero-order valence-electron chi connectivity index (χ0n) is 10.2. The van der Waals surface area contributed by atoms with Crippen LogP contribution in [0.25, 0.3) is 5.69 Å². The molecule has 4 heteroatoms. The van der Waals surface area contributed by atoms with E-state index in [4.69, 9.17) is 0 Å². The molecule has 4 nitrogen and oxygen atoms in total. The minimum atomic E-state index is -0.0798. The smallest absolute Gasteiger partial charge is 0.221 e. The van der Waals surface area contributed by atoms with E-state index < -0.39 is 0 Å². The van der Waals surface area contributed by atoms with Crippen molar-refractivity contribution < 1.29 is 4.79 Å². The van der Waals surface area contributed by atoms with Crippen molar-refractivity contribution in [2.75, 3.05) is 5.32 Å². The molecule has 0 saturated heterocycles. The first-order valence-corrected chi connectivity index (χ1v) is 5.49. The molecule has 1 heterocycles. The Morgan fingerprint density at radius 3 is 2.47 bits per heavy atom. The van der Waals surface area contributed by atoms with Gasteiger partial charge >= 0.3 is 0 Å². The number of nitrogens with zero attached hydrogens (tertiary/aromatic N) is 2. The Hall–Kier alpha value is -2.10. The fourth-order valence-corrected chi connectivity index (χ4v) is 1.82. The fraction of sp³-hybridized carbons (Fsp3) is 0.231. The molecule has 1 aromatic heterocycles. The molecular weight excluding hydrogens is 214 g/mol. The van der Waals surface area contributed by atoms with Crippen LogP contribution < -0.4 is 5.32 Å². The number of carbonyl (C=O) groups excluding carboxylic acids is 1. The van der Waals surface area contributed by atoms with Gasteiger partial charge in [0.1, 0.15) is 0 Å². The summed E-state index contributed by atoms with van der Waals surface area (Å²) in [6.45, 7) is 5.33. The molecule has 0 radical (unpaired) electrons. The molecule has 2 aromatic rings. The molecule has 0 aliphatic heterocycles. The average Bonchev–Trinajstić information content (AvgIpc) is 2.58. The Kier molecular flexibility index (Phi) is 2.95. The molecule has 1 aromatic carbocycles.